The van der Waals surface area contributed by atoms with Crippen LogP contribution >= 0.6 is 11.3 Å². The van der Waals surface area contributed by atoms with Crippen molar-refractivity contribution in [2.75, 3.05) is 0 Å². The summed E-state index contributed by atoms with van der Waals surface area (Å²) in [6.45, 7) is 9.53. The van der Waals surface area contributed by atoms with Crippen LogP contribution in [0, 0.1) is 6.92 Å². The van der Waals surface area contributed by atoms with Crippen LogP contribution in [0.5, 0.6) is 0 Å². The van der Waals surface area contributed by atoms with Gasteiger partial charge < -0.3 is 10.2 Å². The molecule has 6 heteroatoms. The Kier molecular flexibility index (Phi) is 3.62. The van der Waals surface area contributed by atoms with Crippen LogP contribution in [-0.4, -0.2) is 32.8 Å². The minimum absolute atomic E-state index is 0.0608. The Morgan fingerprint density at radius 2 is 2.00 bits per heavy atom. The Morgan fingerprint density at radius 3 is 2.50 bits per heavy atom. The molecule has 0 aromatic carbocycles. The normalized spacial score (nSPS) is 25.8. The molecule has 1 unspecified atom stereocenters. The summed E-state index contributed by atoms with van der Waals surface area (Å²) in [6, 6.07) is 0. The number of rotatable bonds is 3. The predicted molar refractivity (Wildman–Crippen MR) is 78.3 cm³/mol. The summed E-state index contributed by atoms with van der Waals surface area (Å²) in [4.78, 5) is 31.1. The summed E-state index contributed by atoms with van der Waals surface area (Å²) in [5, 5.41) is 5.64. The van der Waals surface area contributed by atoms with Crippen molar-refractivity contribution in [1.82, 2.24) is 15.2 Å². The SMILES string of the molecule is CCC1(C)C(=O)NC(C)(C)C(=O)N1Cc1nc(C)cs1. The molecule has 1 aliphatic heterocycles. The monoisotopic (exact) mass is 295 g/mol. The van der Waals surface area contributed by atoms with E-state index in [4.69, 9.17) is 0 Å². The van der Waals surface area contributed by atoms with Gasteiger partial charge in [-0.25, -0.2) is 4.98 Å². The van der Waals surface area contributed by atoms with Crippen molar-refractivity contribution in [3.05, 3.63) is 16.1 Å². The zero-order chi connectivity index (χ0) is 15.1. The summed E-state index contributed by atoms with van der Waals surface area (Å²) in [5.41, 5.74) is -0.735. The molecule has 1 aliphatic rings. The number of carbonyl (C=O) groups is 2. The van der Waals surface area contributed by atoms with E-state index in [-0.39, 0.29) is 11.8 Å². The maximum Gasteiger partial charge on any atom is 0.249 e. The molecule has 0 bridgehead atoms. The van der Waals surface area contributed by atoms with Gasteiger partial charge in [0.15, 0.2) is 0 Å². The van der Waals surface area contributed by atoms with Crippen molar-refractivity contribution in [3.8, 4) is 0 Å². The van der Waals surface area contributed by atoms with Crippen LogP contribution in [0.25, 0.3) is 0 Å². The molecule has 20 heavy (non-hydrogen) atoms. The van der Waals surface area contributed by atoms with E-state index in [0.29, 0.717) is 13.0 Å². The van der Waals surface area contributed by atoms with E-state index in [1.807, 2.05) is 26.2 Å². The Balaban J connectivity index is 2.38. The predicted octanol–water partition coefficient (Wildman–Crippen LogP) is 1.86. The molecule has 1 atom stereocenters. The molecule has 2 rings (SSSR count). The van der Waals surface area contributed by atoms with Crippen LogP contribution in [0.1, 0.15) is 44.8 Å². The summed E-state index contributed by atoms with van der Waals surface area (Å²) >= 11 is 1.52. The van der Waals surface area contributed by atoms with Crippen LogP contribution < -0.4 is 5.32 Å². The lowest BCUT2D eigenvalue weighted by Gasteiger charge is -2.48. The number of amides is 2. The van der Waals surface area contributed by atoms with Crippen molar-refractivity contribution >= 4 is 23.2 Å². The first kappa shape index (κ1) is 15.0. The smallest absolute Gasteiger partial charge is 0.249 e. The molecule has 110 valence electrons. The second-order valence-corrected chi connectivity index (χ2v) is 6.92. The third kappa shape index (κ3) is 2.32. The Bertz CT molecular complexity index is 552. The molecule has 1 aromatic heterocycles. The number of hydrogen-bond donors (Lipinski definition) is 1. The van der Waals surface area contributed by atoms with Crippen LogP contribution in [0.2, 0.25) is 0 Å². The lowest BCUT2D eigenvalue weighted by atomic mass is 9.86. The maximum atomic E-state index is 12.7. The molecule has 1 saturated heterocycles. The highest BCUT2D eigenvalue weighted by atomic mass is 32.1. The number of hydrogen-bond acceptors (Lipinski definition) is 4. The molecule has 0 saturated carbocycles. The Labute approximate surface area is 123 Å². The fourth-order valence-electron chi connectivity index (χ4n) is 2.36. The van der Waals surface area contributed by atoms with Gasteiger partial charge in [0.05, 0.1) is 6.54 Å². The molecule has 2 heterocycles. The quantitative estimate of drug-likeness (QED) is 0.926. The minimum Gasteiger partial charge on any atom is -0.340 e. The maximum absolute atomic E-state index is 12.7. The first-order chi connectivity index (χ1) is 9.20. The molecule has 0 spiro atoms. The number of nitrogens with one attached hydrogen (secondary N) is 1. The molecule has 2 amide bonds. The lowest BCUT2D eigenvalue weighted by molar-refractivity contribution is -0.161. The van der Waals surface area contributed by atoms with Gasteiger partial charge in [-0.1, -0.05) is 6.92 Å². The number of aromatic nitrogens is 1. The molecule has 5 nitrogen and oxygen atoms in total. The van der Waals surface area contributed by atoms with Crippen molar-refractivity contribution in [1.29, 1.82) is 0 Å². The van der Waals surface area contributed by atoms with E-state index in [0.717, 1.165) is 10.7 Å². The van der Waals surface area contributed by atoms with Crippen molar-refractivity contribution in [3.63, 3.8) is 0 Å². The number of piperazine rings is 1. The average Bonchev–Trinajstić information content (AvgIpc) is 2.77. The van der Waals surface area contributed by atoms with Crippen molar-refractivity contribution in [2.24, 2.45) is 0 Å². The topological polar surface area (TPSA) is 62.3 Å². The zero-order valence-corrected chi connectivity index (χ0v) is 13.4. The van der Waals surface area contributed by atoms with Gasteiger partial charge in [-0.2, -0.15) is 0 Å². The molecule has 0 aliphatic carbocycles. The standard InChI is InChI=1S/C14H21N3O2S/c1-6-14(5)11(18)16-13(3,4)12(19)17(14)7-10-15-9(2)8-20-10/h8H,6-7H2,1-5H3,(H,16,18). The highest BCUT2D eigenvalue weighted by Crippen LogP contribution is 2.31. The molecular weight excluding hydrogens is 274 g/mol. The van der Waals surface area contributed by atoms with Gasteiger partial charge in [0.1, 0.15) is 16.1 Å². The van der Waals surface area contributed by atoms with Crippen LogP contribution in [0.15, 0.2) is 5.38 Å². The summed E-state index contributed by atoms with van der Waals surface area (Å²) in [6.07, 6.45) is 0.574. The molecule has 1 aromatic rings. The van der Waals surface area contributed by atoms with Crippen molar-refractivity contribution in [2.45, 2.75) is 58.7 Å². The number of carbonyl (C=O) groups excluding carboxylic acids is 2. The third-order valence-electron chi connectivity index (χ3n) is 3.94. The summed E-state index contributed by atoms with van der Waals surface area (Å²) < 4.78 is 0. The van der Waals surface area contributed by atoms with E-state index in [9.17, 15) is 9.59 Å². The highest BCUT2D eigenvalue weighted by molar-refractivity contribution is 7.09. The number of thiazole rings is 1. The second kappa shape index (κ2) is 4.84. The lowest BCUT2D eigenvalue weighted by Crippen LogP contribution is -2.72. The van der Waals surface area contributed by atoms with Gasteiger partial charge in [-0.3, -0.25) is 9.59 Å². The van der Waals surface area contributed by atoms with Gasteiger partial charge >= 0.3 is 0 Å². The van der Waals surface area contributed by atoms with E-state index in [1.54, 1.807) is 18.7 Å². The third-order valence-corrected chi connectivity index (χ3v) is 4.89. The molecular formula is C14H21N3O2S. The first-order valence-corrected chi connectivity index (χ1v) is 7.64. The van der Waals surface area contributed by atoms with Gasteiger partial charge in [0.25, 0.3) is 0 Å². The van der Waals surface area contributed by atoms with E-state index < -0.39 is 11.1 Å². The van der Waals surface area contributed by atoms with E-state index >= 15 is 0 Å². The Hall–Kier alpha value is -1.43. The summed E-state index contributed by atoms with van der Waals surface area (Å²) in [7, 11) is 0. The van der Waals surface area contributed by atoms with Gasteiger partial charge in [-0.05, 0) is 34.1 Å². The van der Waals surface area contributed by atoms with Gasteiger partial charge in [0.2, 0.25) is 11.8 Å². The second-order valence-electron chi connectivity index (χ2n) is 5.98. The minimum atomic E-state index is -0.863. The number of aryl methyl sites for hydroxylation is 1. The molecule has 1 N–H and O–H groups in total. The van der Waals surface area contributed by atoms with Crippen LogP contribution in [-0.2, 0) is 16.1 Å². The van der Waals surface area contributed by atoms with Crippen LogP contribution in [0.3, 0.4) is 0 Å². The molecule has 1 fully saturated rings. The van der Waals surface area contributed by atoms with Crippen molar-refractivity contribution < 1.29 is 9.59 Å². The first-order valence-electron chi connectivity index (χ1n) is 6.76. The number of nitrogens with zero attached hydrogens (tertiary/aromatic N) is 2. The van der Waals surface area contributed by atoms with E-state index in [2.05, 4.69) is 10.3 Å². The van der Waals surface area contributed by atoms with E-state index in [1.165, 1.54) is 11.3 Å². The zero-order valence-electron chi connectivity index (χ0n) is 12.6. The molecule has 0 radical (unpaired) electrons. The fraction of sp³-hybridized carbons (Fsp3) is 0.643. The van der Waals surface area contributed by atoms with Gasteiger partial charge in [0, 0.05) is 11.1 Å². The highest BCUT2D eigenvalue weighted by Gasteiger charge is 2.51. The summed E-state index contributed by atoms with van der Waals surface area (Å²) in [5.74, 6) is -0.160. The average molecular weight is 295 g/mol. The fourth-order valence-corrected chi connectivity index (χ4v) is 3.12. The largest absolute Gasteiger partial charge is 0.340 e. The Morgan fingerprint density at radius 1 is 1.35 bits per heavy atom. The van der Waals surface area contributed by atoms with Gasteiger partial charge in [-0.15, -0.1) is 11.3 Å². The van der Waals surface area contributed by atoms with Crippen LogP contribution in [0.4, 0.5) is 0 Å².